The van der Waals surface area contributed by atoms with Gasteiger partial charge in [-0.15, -0.1) is 0 Å². The molecule has 0 saturated heterocycles. The Bertz CT molecular complexity index is 1240. The standard InChI is InChI=1S/C19H11NO2/c21-19-18-15(14-7-3-4-8-17(14)22-19)11-16-13-6-2-1-5-12(13)9-10-20(16)18/h1-11H. The molecule has 2 aromatic carbocycles. The molecule has 0 saturated carbocycles. The van der Waals surface area contributed by atoms with Crippen molar-refractivity contribution in [1.29, 1.82) is 0 Å². The molecule has 22 heavy (non-hydrogen) atoms. The van der Waals surface area contributed by atoms with E-state index in [1.54, 1.807) is 0 Å². The van der Waals surface area contributed by atoms with Gasteiger partial charge in [-0.05, 0) is 23.6 Å². The van der Waals surface area contributed by atoms with Crippen LogP contribution >= 0.6 is 0 Å². The third-order valence-corrected chi connectivity index (χ3v) is 4.25. The summed E-state index contributed by atoms with van der Waals surface area (Å²) in [5.41, 5.74) is 1.94. The highest BCUT2D eigenvalue weighted by atomic mass is 16.4. The fourth-order valence-electron chi connectivity index (χ4n) is 3.26. The van der Waals surface area contributed by atoms with Crippen molar-refractivity contribution in [2.24, 2.45) is 0 Å². The van der Waals surface area contributed by atoms with E-state index in [1.165, 1.54) is 0 Å². The molecule has 3 heteroatoms. The van der Waals surface area contributed by atoms with Crippen molar-refractivity contribution in [3.63, 3.8) is 0 Å². The van der Waals surface area contributed by atoms with Crippen LogP contribution in [0.15, 0.2) is 76.1 Å². The molecule has 0 spiro atoms. The molecule has 0 fully saturated rings. The van der Waals surface area contributed by atoms with Gasteiger partial charge in [0.05, 0.1) is 5.52 Å². The molecule has 0 aliphatic heterocycles. The summed E-state index contributed by atoms with van der Waals surface area (Å²) in [6.45, 7) is 0. The van der Waals surface area contributed by atoms with Crippen LogP contribution in [-0.4, -0.2) is 4.40 Å². The first kappa shape index (κ1) is 11.6. The van der Waals surface area contributed by atoms with Gasteiger partial charge in [-0.3, -0.25) is 0 Å². The summed E-state index contributed by atoms with van der Waals surface area (Å²) >= 11 is 0. The molecule has 0 bridgehead atoms. The number of aromatic nitrogens is 1. The monoisotopic (exact) mass is 285 g/mol. The van der Waals surface area contributed by atoms with Crippen LogP contribution in [0.25, 0.3) is 38.2 Å². The van der Waals surface area contributed by atoms with E-state index in [1.807, 2.05) is 53.1 Å². The number of para-hydroxylation sites is 1. The molecule has 104 valence electrons. The Hall–Kier alpha value is -3.07. The lowest BCUT2D eigenvalue weighted by Crippen LogP contribution is -2.02. The van der Waals surface area contributed by atoms with Crippen molar-refractivity contribution < 1.29 is 4.42 Å². The number of hydrogen-bond donors (Lipinski definition) is 0. The van der Waals surface area contributed by atoms with E-state index in [2.05, 4.69) is 18.2 Å². The van der Waals surface area contributed by atoms with E-state index < -0.39 is 0 Å². The van der Waals surface area contributed by atoms with Crippen molar-refractivity contribution >= 4 is 38.2 Å². The number of fused-ring (bicyclic) bond motifs is 7. The van der Waals surface area contributed by atoms with E-state index in [4.69, 9.17) is 4.42 Å². The van der Waals surface area contributed by atoms with Gasteiger partial charge in [0.25, 0.3) is 0 Å². The molecule has 0 radical (unpaired) electrons. The van der Waals surface area contributed by atoms with Gasteiger partial charge in [0, 0.05) is 22.4 Å². The van der Waals surface area contributed by atoms with E-state index in [-0.39, 0.29) is 5.63 Å². The number of benzene rings is 2. The Morgan fingerprint density at radius 1 is 0.818 bits per heavy atom. The molecule has 0 N–H and O–H groups in total. The van der Waals surface area contributed by atoms with Gasteiger partial charge >= 0.3 is 5.63 Å². The van der Waals surface area contributed by atoms with Crippen molar-refractivity contribution in [2.75, 3.05) is 0 Å². The van der Waals surface area contributed by atoms with Gasteiger partial charge < -0.3 is 8.82 Å². The lowest BCUT2D eigenvalue weighted by Gasteiger charge is -2.01. The van der Waals surface area contributed by atoms with E-state index in [9.17, 15) is 4.79 Å². The van der Waals surface area contributed by atoms with Crippen LogP contribution in [0, 0.1) is 0 Å². The number of rotatable bonds is 0. The fraction of sp³-hybridized carbons (Fsp3) is 0. The van der Waals surface area contributed by atoms with Gasteiger partial charge in [0.15, 0.2) is 0 Å². The normalized spacial score (nSPS) is 11.8. The maximum atomic E-state index is 12.4. The largest absolute Gasteiger partial charge is 0.421 e. The van der Waals surface area contributed by atoms with Crippen LogP contribution < -0.4 is 5.63 Å². The number of hydrogen-bond acceptors (Lipinski definition) is 2. The predicted molar refractivity (Wildman–Crippen MR) is 88.5 cm³/mol. The molecule has 3 aromatic heterocycles. The fourth-order valence-corrected chi connectivity index (χ4v) is 3.26. The Labute approximate surface area is 125 Å². The van der Waals surface area contributed by atoms with Crippen molar-refractivity contribution in [3.8, 4) is 0 Å². The van der Waals surface area contributed by atoms with Gasteiger partial charge in [-0.25, -0.2) is 4.79 Å². The minimum Gasteiger partial charge on any atom is -0.421 e. The average Bonchev–Trinajstić information content (AvgIpc) is 2.96. The molecule has 5 aromatic rings. The highest BCUT2D eigenvalue weighted by molar-refractivity contribution is 6.10. The van der Waals surface area contributed by atoms with Gasteiger partial charge in [-0.2, -0.15) is 0 Å². The summed E-state index contributed by atoms with van der Waals surface area (Å²) in [6, 6.07) is 19.9. The number of nitrogens with zero attached hydrogens (tertiary/aromatic N) is 1. The second-order valence-corrected chi connectivity index (χ2v) is 5.45. The minimum absolute atomic E-state index is 0.302. The summed E-state index contributed by atoms with van der Waals surface area (Å²) < 4.78 is 7.40. The third-order valence-electron chi connectivity index (χ3n) is 4.25. The highest BCUT2D eigenvalue weighted by Crippen LogP contribution is 2.29. The van der Waals surface area contributed by atoms with E-state index in [0.717, 1.165) is 27.1 Å². The first-order chi connectivity index (χ1) is 10.8. The molecular weight excluding hydrogens is 274 g/mol. The summed E-state index contributed by atoms with van der Waals surface area (Å²) in [7, 11) is 0. The van der Waals surface area contributed by atoms with E-state index >= 15 is 0 Å². The van der Waals surface area contributed by atoms with Crippen LogP contribution in [0.2, 0.25) is 0 Å². The zero-order chi connectivity index (χ0) is 14.7. The van der Waals surface area contributed by atoms with Crippen molar-refractivity contribution in [1.82, 2.24) is 4.40 Å². The first-order valence-electron chi connectivity index (χ1n) is 7.17. The zero-order valence-corrected chi connectivity index (χ0v) is 11.6. The molecule has 5 rings (SSSR count). The maximum Gasteiger partial charge on any atom is 0.361 e. The summed E-state index contributed by atoms with van der Waals surface area (Å²) in [5.74, 6) is 0. The summed E-state index contributed by atoms with van der Waals surface area (Å²) in [4.78, 5) is 12.4. The van der Waals surface area contributed by atoms with Crippen LogP contribution in [0.4, 0.5) is 0 Å². The molecule has 0 amide bonds. The molecule has 0 aliphatic rings. The second kappa shape index (κ2) is 3.98. The van der Waals surface area contributed by atoms with Crippen LogP contribution in [0.1, 0.15) is 0 Å². The SMILES string of the molecule is O=c1oc2ccccc2c2cc3c4ccccc4ccn3c12. The van der Waals surface area contributed by atoms with Crippen LogP contribution in [0.3, 0.4) is 0 Å². The smallest absolute Gasteiger partial charge is 0.361 e. The quantitative estimate of drug-likeness (QED) is 0.396. The Balaban J connectivity index is 2.15. The minimum atomic E-state index is -0.302. The van der Waals surface area contributed by atoms with Crippen molar-refractivity contribution in [3.05, 3.63) is 77.3 Å². The van der Waals surface area contributed by atoms with E-state index in [0.29, 0.717) is 11.1 Å². The lowest BCUT2D eigenvalue weighted by molar-refractivity contribution is 0.567. The first-order valence-corrected chi connectivity index (χ1v) is 7.17. The summed E-state index contributed by atoms with van der Waals surface area (Å²) in [6.07, 6.45) is 1.94. The Kier molecular flexibility index (Phi) is 2.09. The van der Waals surface area contributed by atoms with Gasteiger partial charge in [0.2, 0.25) is 0 Å². The molecule has 3 nitrogen and oxygen atoms in total. The third kappa shape index (κ3) is 1.37. The Morgan fingerprint density at radius 2 is 1.59 bits per heavy atom. The van der Waals surface area contributed by atoms with Gasteiger partial charge in [-0.1, -0.05) is 42.5 Å². The zero-order valence-electron chi connectivity index (χ0n) is 11.6. The highest BCUT2D eigenvalue weighted by Gasteiger charge is 2.13. The van der Waals surface area contributed by atoms with Crippen LogP contribution in [0.5, 0.6) is 0 Å². The van der Waals surface area contributed by atoms with Crippen molar-refractivity contribution in [2.45, 2.75) is 0 Å². The molecule has 0 atom stereocenters. The Morgan fingerprint density at radius 3 is 2.50 bits per heavy atom. The van der Waals surface area contributed by atoms with Gasteiger partial charge in [0.1, 0.15) is 11.1 Å². The molecular formula is C19H11NO2. The van der Waals surface area contributed by atoms with Crippen LogP contribution in [-0.2, 0) is 0 Å². The molecule has 0 unspecified atom stereocenters. The topological polar surface area (TPSA) is 34.6 Å². The molecule has 3 heterocycles. The number of pyridine rings is 1. The maximum absolute atomic E-state index is 12.4. The summed E-state index contributed by atoms with van der Waals surface area (Å²) in [5, 5.41) is 4.18. The molecule has 0 aliphatic carbocycles. The average molecular weight is 285 g/mol. The lowest BCUT2D eigenvalue weighted by atomic mass is 10.1. The second-order valence-electron chi connectivity index (χ2n) is 5.45. The predicted octanol–water partition coefficient (Wildman–Crippen LogP) is 4.35.